The van der Waals surface area contributed by atoms with Crippen LogP contribution in [0.2, 0.25) is 0 Å². The highest BCUT2D eigenvalue weighted by Crippen LogP contribution is 2.37. The van der Waals surface area contributed by atoms with E-state index in [4.69, 9.17) is 9.84 Å². The average molecular weight is 617 g/mol. The number of aliphatic hydroxyl groups excluding tert-OH is 1. The second-order valence-corrected chi connectivity index (χ2v) is 9.72. The Morgan fingerprint density at radius 3 is 2.56 bits per heavy atom. The van der Waals surface area contributed by atoms with Crippen molar-refractivity contribution in [3.8, 4) is 17.0 Å². The number of anilines is 4. The molecule has 0 saturated heterocycles. The van der Waals surface area contributed by atoms with Crippen molar-refractivity contribution in [3.05, 3.63) is 65.2 Å². The molecule has 0 atom stereocenters. The van der Waals surface area contributed by atoms with Gasteiger partial charge in [0.05, 0.1) is 36.5 Å². The standard InChI is InChI=1S/C27H28F3N8O4P/c1-15-17(12-33-38(15)9-4-10-39)19-7-8-21(23(34-19)25(40)31-2)35-24-18(27(28,29)30)13-32-26(37-24)36-20-6-5-16(14-43-41)11-22(20)42-3/h5-8,11-13,39H,4,9-10,14H2,1-3H3,(H,31,40)(H2,32,35,36,37). The Labute approximate surface area is 245 Å². The number of carbonyl (C=O) groups is 1. The number of alkyl halides is 3. The highest BCUT2D eigenvalue weighted by Gasteiger charge is 2.36. The van der Waals surface area contributed by atoms with Gasteiger partial charge in [-0.3, -0.25) is 14.0 Å². The Balaban J connectivity index is 1.72. The van der Waals surface area contributed by atoms with Gasteiger partial charge >= 0.3 is 6.18 Å². The number of hydrogen-bond donors (Lipinski definition) is 4. The van der Waals surface area contributed by atoms with Crippen molar-refractivity contribution in [3.63, 3.8) is 0 Å². The number of amides is 1. The van der Waals surface area contributed by atoms with Crippen molar-refractivity contribution in [1.29, 1.82) is 0 Å². The number of aromatic nitrogens is 5. The zero-order valence-corrected chi connectivity index (χ0v) is 24.3. The number of benzene rings is 1. The van der Waals surface area contributed by atoms with E-state index in [1.165, 1.54) is 20.2 Å². The van der Waals surface area contributed by atoms with Crippen molar-refractivity contribution < 1.29 is 32.4 Å². The highest BCUT2D eigenvalue weighted by molar-refractivity contribution is 7.22. The topological polar surface area (TPSA) is 156 Å². The lowest BCUT2D eigenvalue weighted by Crippen LogP contribution is -2.21. The van der Waals surface area contributed by atoms with Gasteiger partial charge in [0, 0.05) is 37.7 Å². The van der Waals surface area contributed by atoms with Gasteiger partial charge in [0.2, 0.25) is 5.95 Å². The van der Waals surface area contributed by atoms with Gasteiger partial charge < -0.3 is 25.8 Å². The van der Waals surface area contributed by atoms with E-state index in [0.29, 0.717) is 41.9 Å². The molecule has 0 aliphatic carbocycles. The fourth-order valence-electron chi connectivity index (χ4n) is 4.15. The molecule has 4 N–H and O–H groups in total. The van der Waals surface area contributed by atoms with Gasteiger partial charge in [-0.25, -0.2) is 9.97 Å². The second kappa shape index (κ2) is 13.6. The summed E-state index contributed by atoms with van der Waals surface area (Å²) in [4.78, 5) is 25.1. The van der Waals surface area contributed by atoms with E-state index < -0.39 is 23.5 Å². The first-order valence-corrected chi connectivity index (χ1v) is 13.9. The van der Waals surface area contributed by atoms with E-state index in [-0.39, 0.29) is 38.6 Å². The van der Waals surface area contributed by atoms with Crippen molar-refractivity contribution in [1.82, 2.24) is 30.0 Å². The predicted octanol–water partition coefficient (Wildman–Crippen LogP) is 5.09. The van der Waals surface area contributed by atoms with E-state index in [1.54, 1.807) is 35.1 Å². The monoisotopic (exact) mass is 616 g/mol. The van der Waals surface area contributed by atoms with Gasteiger partial charge in [0.1, 0.15) is 17.1 Å². The van der Waals surface area contributed by atoms with Crippen LogP contribution in [0.5, 0.6) is 5.75 Å². The molecule has 3 heterocycles. The Hall–Kier alpha value is -4.62. The zero-order chi connectivity index (χ0) is 31.1. The van der Waals surface area contributed by atoms with E-state index in [1.807, 2.05) is 6.92 Å². The largest absolute Gasteiger partial charge is 0.495 e. The van der Waals surface area contributed by atoms with Crippen LogP contribution in [0.1, 0.15) is 33.7 Å². The van der Waals surface area contributed by atoms with Crippen LogP contribution in [0.3, 0.4) is 0 Å². The number of aryl methyl sites for hydroxylation is 1. The lowest BCUT2D eigenvalue weighted by atomic mass is 10.1. The van der Waals surface area contributed by atoms with Crippen molar-refractivity contribution in [2.24, 2.45) is 0 Å². The van der Waals surface area contributed by atoms with E-state index in [0.717, 1.165) is 11.3 Å². The molecular weight excluding hydrogens is 588 g/mol. The van der Waals surface area contributed by atoms with Gasteiger partial charge in [-0.15, -0.1) is 0 Å². The van der Waals surface area contributed by atoms with Crippen LogP contribution in [0, 0.1) is 6.92 Å². The summed E-state index contributed by atoms with van der Waals surface area (Å²) < 4.78 is 60.0. The lowest BCUT2D eigenvalue weighted by Gasteiger charge is -2.17. The van der Waals surface area contributed by atoms with Crippen LogP contribution >= 0.6 is 8.46 Å². The summed E-state index contributed by atoms with van der Waals surface area (Å²) in [5, 5.41) is 21.4. The molecule has 0 radical (unpaired) electrons. The number of ether oxygens (including phenoxy) is 1. The van der Waals surface area contributed by atoms with Crippen LogP contribution in [-0.2, 0) is 23.4 Å². The summed E-state index contributed by atoms with van der Waals surface area (Å²) in [6, 6.07) is 7.91. The number of nitrogens with zero attached hydrogens (tertiary/aromatic N) is 5. The summed E-state index contributed by atoms with van der Waals surface area (Å²) in [5.74, 6) is -1.09. The molecular formula is C27H28F3N8O4P. The summed E-state index contributed by atoms with van der Waals surface area (Å²) in [7, 11) is 2.71. The number of halogens is 3. The molecule has 16 heteroatoms. The molecule has 1 amide bonds. The van der Waals surface area contributed by atoms with Crippen LogP contribution < -0.4 is 20.7 Å². The maximum atomic E-state index is 14.0. The predicted molar refractivity (Wildman–Crippen MR) is 153 cm³/mol. The lowest BCUT2D eigenvalue weighted by molar-refractivity contribution is -0.137. The normalized spacial score (nSPS) is 11.4. The third kappa shape index (κ3) is 7.24. The molecule has 3 aromatic heterocycles. The number of aliphatic hydroxyl groups is 1. The molecule has 0 bridgehead atoms. The number of pyridine rings is 1. The molecule has 4 aromatic rings. The molecule has 0 saturated carbocycles. The van der Waals surface area contributed by atoms with Gasteiger partial charge in [0.15, 0.2) is 14.2 Å². The molecule has 0 spiro atoms. The summed E-state index contributed by atoms with van der Waals surface area (Å²) in [6.07, 6.45) is -1.87. The Bertz CT molecular complexity index is 1630. The minimum atomic E-state index is -4.82. The Morgan fingerprint density at radius 2 is 1.88 bits per heavy atom. The number of carbonyl (C=O) groups excluding carboxylic acids is 1. The average Bonchev–Trinajstić information content (AvgIpc) is 3.36. The van der Waals surface area contributed by atoms with E-state index in [2.05, 4.69) is 36.0 Å². The number of nitrogens with one attached hydrogen (secondary N) is 3. The van der Waals surface area contributed by atoms with Crippen LogP contribution in [0.4, 0.5) is 36.3 Å². The smallest absolute Gasteiger partial charge is 0.421 e. The third-order valence-corrected chi connectivity index (χ3v) is 6.85. The Kier molecular flexibility index (Phi) is 9.88. The molecule has 0 aliphatic rings. The molecule has 0 fully saturated rings. The van der Waals surface area contributed by atoms with Gasteiger partial charge in [-0.05, 0) is 43.2 Å². The first-order valence-electron chi connectivity index (χ1n) is 12.9. The van der Waals surface area contributed by atoms with Crippen LogP contribution in [-0.4, -0.2) is 56.5 Å². The third-order valence-electron chi connectivity index (χ3n) is 6.35. The van der Waals surface area contributed by atoms with Crippen LogP contribution in [0.15, 0.2) is 42.7 Å². The van der Waals surface area contributed by atoms with Gasteiger partial charge in [0.25, 0.3) is 5.91 Å². The first-order chi connectivity index (χ1) is 20.6. The number of rotatable bonds is 12. The molecule has 226 valence electrons. The number of hydrogen-bond acceptors (Lipinski definition) is 10. The van der Waals surface area contributed by atoms with Crippen LogP contribution in [0.25, 0.3) is 11.3 Å². The summed E-state index contributed by atoms with van der Waals surface area (Å²) in [5.41, 5.74) is 1.47. The van der Waals surface area contributed by atoms with E-state index in [9.17, 15) is 22.5 Å². The van der Waals surface area contributed by atoms with E-state index >= 15 is 0 Å². The molecule has 4 rings (SSSR count). The minimum absolute atomic E-state index is 0.00360. The zero-order valence-electron chi connectivity index (χ0n) is 23.4. The molecule has 0 unspecified atom stereocenters. The highest BCUT2D eigenvalue weighted by atomic mass is 31.1. The van der Waals surface area contributed by atoms with Crippen molar-refractivity contribution >= 4 is 37.5 Å². The number of methoxy groups -OCH3 is 1. The summed E-state index contributed by atoms with van der Waals surface area (Å²) in [6.45, 7) is 2.28. The molecule has 1 aromatic carbocycles. The fourth-order valence-corrected chi connectivity index (χ4v) is 4.50. The van der Waals surface area contributed by atoms with Gasteiger partial charge in [-0.2, -0.15) is 23.3 Å². The maximum Gasteiger partial charge on any atom is 0.421 e. The quantitative estimate of drug-likeness (QED) is 0.158. The first kappa shape index (κ1) is 31.3. The molecule has 0 aliphatic heterocycles. The van der Waals surface area contributed by atoms with Crippen molar-refractivity contribution in [2.75, 3.05) is 31.4 Å². The SMILES string of the molecule is CNC(=O)c1nc(-c2cnn(CCCO)c2C)ccc1Nc1nc(Nc2ccc(CP=O)cc2OC)ncc1C(F)(F)F. The maximum absolute atomic E-state index is 14.0. The second-order valence-electron chi connectivity index (χ2n) is 9.14. The molecule has 43 heavy (non-hydrogen) atoms. The van der Waals surface area contributed by atoms with Gasteiger partial charge in [-0.1, -0.05) is 6.07 Å². The molecule has 12 nitrogen and oxygen atoms in total. The fraction of sp³-hybridized carbons (Fsp3) is 0.296. The Morgan fingerprint density at radius 1 is 1.12 bits per heavy atom. The minimum Gasteiger partial charge on any atom is -0.495 e. The van der Waals surface area contributed by atoms with Crippen molar-refractivity contribution in [2.45, 2.75) is 32.2 Å². The summed E-state index contributed by atoms with van der Waals surface area (Å²) >= 11 is 0.